The van der Waals surface area contributed by atoms with Crippen LogP contribution in [0.5, 0.6) is 0 Å². The Hall–Kier alpha value is -1.95. The van der Waals surface area contributed by atoms with Crippen LogP contribution in [0.15, 0.2) is 18.2 Å². The summed E-state index contributed by atoms with van der Waals surface area (Å²) < 4.78 is 2.20. The van der Waals surface area contributed by atoms with Crippen molar-refractivity contribution in [1.82, 2.24) is 14.8 Å². The lowest BCUT2D eigenvalue weighted by molar-refractivity contribution is -0.115. The van der Waals surface area contributed by atoms with Crippen molar-refractivity contribution >= 4 is 23.8 Å². The molecule has 1 aromatic heterocycles. The van der Waals surface area contributed by atoms with Crippen molar-refractivity contribution in [2.75, 3.05) is 5.32 Å². The van der Waals surface area contributed by atoms with Crippen molar-refractivity contribution in [3.05, 3.63) is 39.9 Å². The van der Waals surface area contributed by atoms with Gasteiger partial charge >= 0.3 is 0 Å². The monoisotopic (exact) mass is 276 g/mol. The lowest BCUT2D eigenvalue weighted by Gasteiger charge is -2.09. The number of carbonyl (C=O) groups is 1. The highest BCUT2D eigenvalue weighted by molar-refractivity contribution is 7.71. The summed E-state index contributed by atoms with van der Waals surface area (Å²) in [6.45, 7) is 3.96. The average molecular weight is 276 g/mol. The van der Waals surface area contributed by atoms with E-state index in [-0.39, 0.29) is 12.3 Å². The lowest BCUT2D eigenvalue weighted by atomic mass is 10.1. The van der Waals surface area contributed by atoms with Crippen LogP contribution >= 0.6 is 12.2 Å². The molecule has 5 nitrogen and oxygen atoms in total. The largest absolute Gasteiger partial charge is 0.325 e. The fourth-order valence-corrected chi connectivity index (χ4v) is 1.90. The summed E-state index contributed by atoms with van der Waals surface area (Å²) in [6.07, 6.45) is 0.191. The molecule has 6 heteroatoms. The van der Waals surface area contributed by atoms with Crippen molar-refractivity contribution in [2.24, 2.45) is 7.05 Å². The Kier molecular flexibility index (Phi) is 3.80. The second-order valence-corrected chi connectivity index (χ2v) is 4.93. The molecule has 0 saturated carbocycles. The SMILES string of the molecule is Cc1ccc(C)c(NC(=O)Cc2n[nH]c(=S)n2C)c1. The molecule has 0 aliphatic carbocycles. The fraction of sp³-hybridized carbons (Fsp3) is 0.308. The van der Waals surface area contributed by atoms with Crippen LogP contribution in [0.2, 0.25) is 0 Å². The van der Waals surface area contributed by atoms with Gasteiger partial charge in [-0.1, -0.05) is 12.1 Å². The summed E-state index contributed by atoms with van der Waals surface area (Å²) in [7, 11) is 1.78. The van der Waals surface area contributed by atoms with E-state index in [0.29, 0.717) is 10.6 Å². The predicted molar refractivity (Wildman–Crippen MR) is 76.6 cm³/mol. The van der Waals surface area contributed by atoms with E-state index in [1.54, 1.807) is 11.6 Å². The van der Waals surface area contributed by atoms with Crippen LogP contribution in [-0.2, 0) is 18.3 Å². The number of amides is 1. The highest BCUT2D eigenvalue weighted by atomic mass is 32.1. The summed E-state index contributed by atoms with van der Waals surface area (Å²) in [6, 6.07) is 5.96. The Bertz CT molecular complexity index is 672. The fourth-order valence-electron chi connectivity index (χ4n) is 1.75. The zero-order chi connectivity index (χ0) is 14.0. The van der Waals surface area contributed by atoms with Crippen molar-refractivity contribution in [2.45, 2.75) is 20.3 Å². The van der Waals surface area contributed by atoms with Gasteiger partial charge in [-0.25, -0.2) is 0 Å². The van der Waals surface area contributed by atoms with E-state index in [1.165, 1.54) is 0 Å². The number of nitrogens with zero attached hydrogens (tertiary/aromatic N) is 2. The molecule has 0 atom stereocenters. The van der Waals surface area contributed by atoms with E-state index in [1.807, 2.05) is 32.0 Å². The number of carbonyl (C=O) groups excluding carboxylic acids is 1. The Morgan fingerprint density at radius 3 is 2.84 bits per heavy atom. The molecule has 0 aliphatic rings. The number of benzene rings is 1. The number of H-pyrrole nitrogens is 1. The van der Waals surface area contributed by atoms with Crippen LogP contribution in [-0.4, -0.2) is 20.7 Å². The molecule has 0 bridgehead atoms. The standard InChI is InChI=1S/C13H16N4OS/c1-8-4-5-9(2)10(6-8)14-12(18)7-11-15-16-13(19)17(11)3/h4-6H,7H2,1-3H3,(H,14,18)(H,16,19). The maximum absolute atomic E-state index is 12.0. The topological polar surface area (TPSA) is 62.7 Å². The van der Waals surface area contributed by atoms with E-state index < -0.39 is 0 Å². The number of aromatic nitrogens is 3. The van der Waals surface area contributed by atoms with Crippen LogP contribution in [0.25, 0.3) is 0 Å². The summed E-state index contributed by atoms with van der Waals surface area (Å²) in [4.78, 5) is 12.0. The number of hydrogen-bond acceptors (Lipinski definition) is 3. The van der Waals surface area contributed by atoms with Gasteiger partial charge < -0.3 is 9.88 Å². The second-order valence-electron chi connectivity index (χ2n) is 4.55. The van der Waals surface area contributed by atoms with Crippen LogP contribution in [0, 0.1) is 18.6 Å². The quantitative estimate of drug-likeness (QED) is 0.845. The molecule has 0 unspecified atom stereocenters. The smallest absolute Gasteiger partial charge is 0.232 e. The zero-order valence-corrected chi connectivity index (χ0v) is 12.0. The Labute approximate surface area is 116 Å². The molecule has 0 saturated heterocycles. The molecule has 1 heterocycles. The highest BCUT2D eigenvalue weighted by Gasteiger charge is 2.10. The van der Waals surface area contributed by atoms with Gasteiger partial charge in [-0.05, 0) is 43.3 Å². The van der Waals surface area contributed by atoms with Gasteiger partial charge in [-0.2, -0.15) is 5.10 Å². The first-order chi connectivity index (χ1) is 8.97. The Morgan fingerprint density at radius 1 is 1.47 bits per heavy atom. The maximum atomic E-state index is 12.0. The molecule has 100 valence electrons. The first kappa shape index (κ1) is 13.5. The van der Waals surface area contributed by atoms with Gasteiger partial charge in [0.2, 0.25) is 5.91 Å². The van der Waals surface area contributed by atoms with E-state index in [0.717, 1.165) is 16.8 Å². The van der Waals surface area contributed by atoms with Gasteiger partial charge in [-0.15, -0.1) is 0 Å². The molecular formula is C13H16N4OS. The molecule has 0 spiro atoms. The number of aromatic amines is 1. The minimum atomic E-state index is -0.106. The first-order valence-corrected chi connectivity index (χ1v) is 6.35. The average Bonchev–Trinajstić information content (AvgIpc) is 2.66. The second kappa shape index (κ2) is 5.36. The van der Waals surface area contributed by atoms with E-state index in [2.05, 4.69) is 15.5 Å². The minimum Gasteiger partial charge on any atom is -0.325 e. The molecule has 0 fully saturated rings. The van der Waals surface area contributed by atoms with Crippen LogP contribution in [0.1, 0.15) is 17.0 Å². The van der Waals surface area contributed by atoms with Crippen LogP contribution in [0.4, 0.5) is 5.69 Å². The molecule has 0 aliphatic heterocycles. The van der Waals surface area contributed by atoms with Crippen molar-refractivity contribution in [1.29, 1.82) is 0 Å². The third-order valence-electron chi connectivity index (χ3n) is 2.96. The van der Waals surface area contributed by atoms with Crippen LogP contribution < -0.4 is 5.32 Å². The van der Waals surface area contributed by atoms with Gasteiger partial charge in [-0.3, -0.25) is 9.89 Å². The van der Waals surface area contributed by atoms with Gasteiger partial charge in [0.05, 0.1) is 6.42 Å². The van der Waals surface area contributed by atoms with Crippen LogP contribution in [0.3, 0.4) is 0 Å². The summed E-state index contributed by atoms with van der Waals surface area (Å²) in [5, 5.41) is 9.58. The summed E-state index contributed by atoms with van der Waals surface area (Å²) in [5.74, 6) is 0.513. The van der Waals surface area contributed by atoms with Gasteiger partial charge in [0.15, 0.2) is 4.77 Å². The molecule has 2 N–H and O–H groups in total. The Balaban J connectivity index is 2.11. The van der Waals surface area contributed by atoms with Crippen molar-refractivity contribution < 1.29 is 4.79 Å². The van der Waals surface area contributed by atoms with Crippen molar-refractivity contribution in [3.8, 4) is 0 Å². The van der Waals surface area contributed by atoms with E-state index in [9.17, 15) is 4.79 Å². The maximum Gasteiger partial charge on any atom is 0.232 e. The lowest BCUT2D eigenvalue weighted by Crippen LogP contribution is -2.17. The normalized spacial score (nSPS) is 10.5. The zero-order valence-electron chi connectivity index (χ0n) is 11.2. The number of anilines is 1. The third-order valence-corrected chi connectivity index (χ3v) is 3.32. The number of aryl methyl sites for hydroxylation is 2. The van der Waals surface area contributed by atoms with Gasteiger partial charge in [0.1, 0.15) is 5.82 Å². The van der Waals surface area contributed by atoms with E-state index >= 15 is 0 Å². The molecule has 1 amide bonds. The highest BCUT2D eigenvalue weighted by Crippen LogP contribution is 2.16. The van der Waals surface area contributed by atoms with E-state index in [4.69, 9.17) is 12.2 Å². The predicted octanol–water partition coefficient (Wildman–Crippen LogP) is 2.28. The molecular weight excluding hydrogens is 260 g/mol. The van der Waals surface area contributed by atoms with Gasteiger partial charge in [0.25, 0.3) is 0 Å². The third kappa shape index (κ3) is 3.08. The molecule has 0 radical (unpaired) electrons. The van der Waals surface area contributed by atoms with Gasteiger partial charge in [0, 0.05) is 12.7 Å². The molecule has 1 aromatic carbocycles. The minimum absolute atomic E-state index is 0.106. The number of rotatable bonds is 3. The number of hydrogen-bond donors (Lipinski definition) is 2. The molecule has 19 heavy (non-hydrogen) atoms. The summed E-state index contributed by atoms with van der Waals surface area (Å²) in [5.41, 5.74) is 2.98. The van der Waals surface area contributed by atoms with Crippen molar-refractivity contribution in [3.63, 3.8) is 0 Å². The molecule has 2 rings (SSSR count). The first-order valence-electron chi connectivity index (χ1n) is 5.95. The Morgan fingerprint density at radius 2 is 2.21 bits per heavy atom. The number of nitrogens with one attached hydrogen (secondary N) is 2. The summed E-state index contributed by atoms with van der Waals surface area (Å²) >= 11 is 5.01. The molecule has 2 aromatic rings.